The van der Waals surface area contributed by atoms with Crippen molar-refractivity contribution < 1.29 is 9.72 Å². The van der Waals surface area contributed by atoms with E-state index < -0.39 is 4.92 Å². The molecule has 1 amide bonds. The van der Waals surface area contributed by atoms with E-state index in [2.05, 4.69) is 10.3 Å². The van der Waals surface area contributed by atoms with E-state index in [1.807, 2.05) is 26.0 Å². The molecule has 0 aliphatic rings. The quantitative estimate of drug-likeness (QED) is 0.385. The summed E-state index contributed by atoms with van der Waals surface area (Å²) in [5, 5.41) is 15.0. The lowest BCUT2D eigenvalue weighted by Gasteiger charge is -1.97. The van der Waals surface area contributed by atoms with Gasteiger partial charge in [-0.25, -0.2) is 4.98 Å². The number of rotatable bonds is 3. The van der Waals surface area contributed by atoms with Crippen LogP contribution in [-0.4, -0.2) is 15.8 Å². The molecule has 0 bridgehead atoms. The molecule has 0 saturated heterocycles. The summed E-state index contributed by atoms with van der Waals surface area (Å²) in [4.78, 5) is 28.1. The van der Waals surface area contributed by atoms with E-state index in [4.69, 9.17) is 0 Å². The van der Waals surface area contributed by atoms with Gasteiger partial charge < -0.3 is 0 Å². The van der Waals surface area contributed by atoms with Crippen LogP contribution in [0.3, 0.4) is 0 Å². The van der Waals surface area contributed by atoms with Crippen molar-refractivity contribution in [2.24, 2.45) is 0 Å². The van der Waals surface area contributed by atoms with Gasteiger partial charge in [0.2, 0.25) is 0 Å². The molecular formula is C18H13N3O3S2. The number of aromatic nitrogens is 1. The zero-order valence-electron chi connectivity index (χ0n) is 13.9. The molecule has 1 N–H and O–H groups in total. The fraction of sp³-hybridized carbons (Fsp3) is 0.111. The van der Waals surface area contributed by atoms with E-state index in [-0.39, 0.29) is 11.6 Å². The van der Waals surface area contributed by atoms with Crippen molar-refractivity contribution in [3.05, 3.63) is 62.5 Å². The van der Waals surface area contributed by atoms with Crippen LogP contribution in [0.1, 0.15) is 20.8 Å². The second-order valence-electron chi connectivity index (χ2n) is 5.94. The number of hydrogen-bond acceptors (Lipinski definition) is 6. The lowest BCUT2D eigenvalue weighted by Crippen LogP contribution is -2.09. The molecule has 0 aliphatic carbocycles. The number of thiazole rings is 1. The summed E-state index contributed by atoms with van der Waals surface area (Å²) in [6.45, 7) is 4.01. The summed E-state index contributed by atoms with van der Waals surface area (Å²) in [6, 6.07) is 10.3. The highest BCUT2D eigenvalue weighted by molar-refractivity contribution is 7.23. The van der Waals surface area contributed by atoms with Crippen LogP contribution < -0.4 is 5.32 Å². The van der Waals surface area contributed by atoms with Crippen LogP contribution in [0.2, 0.25) is 0 Å². The first-order valence-electron chi connectivity index (χ1n) is 7.78. The summed E-state index contributed by atoms with van der Waals surface area (Å²) >= 11 is 2.75. The molecule has 8 heteroatoms. The van der Waals surface area contributed by atoms with Crippen LogP contribution in [0.25, 0.3) is 20.3 Å². The minimum Gasteiger partial charge on any atom is -0.297 e. The number of thiophene rings is 1. The van der Waals surface area contributed by atoms with Crippen molar-refractivity contribution in [2.45, 2.75) is 13.8 Å². The van der Waals surface area contributed by atoms with Gasteiger partial charge in [0.25, 0.3) is 11.6 Å². The Labute approximate surface area is 156 Å². The molecule has 0 saturated carbocycles. The Kier molecular flexibility index (Phi) is 3.93. The zero-order chi connectivity index (χ0) is 18.4. The third kappa shape index (κ3) is 2.83. The first kappa shape index (κ1) is 16.6. The fourth-order valence-electron chi connectivity index (χ4n) is 2.73. The number of nitro groups is 1. The maximum Gasteiger partial charge on any atom is 0.270 e. The second kappa shape index (κ2) is 6.15. The lowest BCUT2D eigenvalue weighted by atomic mass is 10.1. The van der Waals surface area contributed by atoms with Gasteiger partial charge in [0.05, 0.1) is 20.0 Å². The van der Waals surface area contributed by atoms with Gasteiger partial charge in [-0.15, -0.1) is 11.3 Å². The molecule has 0 fully saturated rings. The smallest absolute Gasteiger partial charge is 0.270 e. The van der Waals surface area contributed by atoms with Crippen molar-refractivity contribution in [1.29, 1.82) is 0 Å². The third-order valence-corrected chi connectivity index (χ3v) is 6.32. The number of nitrogens with one attached hydrogen (secondary N) is 1. The van der Waals surface area contributed by atoms with Gasteiger partial charge in [0, 0.05) is 22.2 Å². The van der Waals surface area contributed by atoms with E-state index in [0.29, 0.717) is 15.4 Å². The number of non-ortho nitro benzene ring substituents is 1. The van der Waals surface area contributed by atoms with Crippen LogP contribution in [-0.2, 0) is 0 Å². The molecule has 0 atom stereocenters. The maximum atomic E-state index is 12.6. The Morgan fingerprint density at radius 2 is 1.88 bits per heavy atom. The average molecular weight is 383 g/mol. The van der Waals surface area contributed by atoms with Gasteiger partial charge in [0.1, 0.15) is 0 Å². The van der Waals surface area contributed by atoms with Crippen molar-refractivity contribution >= 4 is 59.7 Å². The summed E-state index contributed by atoms with van der Waals surface area (Å²) in [7, 11) is 0. The Balaban J connectivity index is 1.66. The van der Waals surface area contributed by atoms with Gasteiger partial charge >= 0.3 is 0 Å². The molecule has 2 aromatic heterocycles. The van der Waals surface area contributed by atoms with Crippen molar-refractivity contribution in [3.8, 4) is 0 Å². The molecular weight excluding hydrogens is 370 g/mol. The Morgan fingerprint density at radius 3 is 2.62 bits per heavy atom. The first-order valence-corrected chi connectivity index (χ1v) is 9.42. The van der Waals surface area contributed by atoms with Gasteiger partial charge in [-0.2, -0.15) is 0 Å². The highest BCUT2D eigenvalue weighted by atomic mass is 32.1. The largest absolute Gasteiger partial charge is 0.297 e. The molecule has 0 radical (unpaired) electrons. The molecule has 2 heterocycles. The Morgan fingerprint density at radius 1 is 1.12 bits per heavy atom. The van der Waals surface area contributed by atoms with E-state index in [1.54, 1.807) is 12.1 Å². The lowest BCUT2D eigenvalue weighted by molar-refractivity contribution is -0.384. The SMILES string of the molecule is Cc1ccc(C)c2sc(NC(=O)c3cc4cc([N+](=O)[O-])ccc4s3)nc12. The van der Waals surface area contributed by atoms with Crippen LogP contribution >= 0.6 is 22.7 Å². The van der Waals surface area contributed by atoms with Crippen LogP contribution in [0.15, 0.2) is 36.4 Å². The van der Waals surface area contributed by atoms with E-state index >= 15 is 0 Å². The average Bonchev–Trinajstić information content (AvgIpc) is 3.22. The molecule has 6 nitrogen and oxygen atoms in total. The standard InChI is InChI=1S/C18H13N3O3S2/c1-9-3-4-10(2)16-15(9)19-18(26-16)20-17(22)14-8-11-7-12(21(23)24)5-6-13(11)25-14/h3-8H,1-2H3,(H,19,20,22). The zero-order valence-corrected chi connectivity index (χ0v) is 15.5. The molecule has 4 rings (SSSR count). The number of anilines is 1. The van der Waals surface area contributed by atoms with Crippen LogP contribution in [0.4, 0.5) is 10.8 Å². The van der Waals surface area contributed by atoms with Crippen LogP contribution in [0, 0.1) is 24.0 Å². The number of hydrogen-bond donors (Lipinski definition) is 1. The molecule has 0 aliphatic heterocycles. The Bertz CT molecular complexity index is 1150. The summed E-state index contributed by atoms with van der Waals surface area (Å²) in [6.07, 6.45) is 0. The van der Waals surface area contributed by atoms with Crippen molar-refractivity contribution in [3.63, 3.8) is 0 Å². The fourth-order valence-corrected chi connectivity index (χ4v) is 4.67. The number of fused-ring (bicyclic) bond motifs is 2. The minimum atomic E-state index is -0.442. The molecule has 0 unspecified atom stereocenters. The predicted octanol–water partition coefficient (Wildman–Crippen LogP) is 5.29. The topological polar surface area (TPSA) is 85.1 Å². The monoisotopic (exact) mass is 383 g/mol. The number of carbonyl (C=O) groups excluding carboxylic acids is 1. The minimum absolute atomic E-state index is 0.0133. The molecule has 4 aromatic rings. The Hall–Kier alpha value is -2.84. The maximum absolute atomic E-state index is 12.6. The predicted molar refractivity (Wildman–Crippen MR) is 106 cm³/mol. The van der Waals surface area contributed by atoms with Gasteiger partial charge in [-0.05, 0) is 37.1 Å². The van der Waals surface area contributed by atoms with E-state index in [9.17, 15) is 14.9 Å². The number of aryl methyl sites for hydroxylation is 2. The molecule has 0 spiro atoms. The first-order chi connectivity index (χ1) is 12.4. The van der Waals surface area contributed by atoms with Gasteiger partial charge in [-0.1, -0.05) is 23.5 Å². The van der Waals surface area contributed by atoms with E-state index in [0.717, 1.165) is 26.0 Å². The summed E-state index contributed by atoms with van der Waals surface area (Å²) in [5.74, 6) is -0.261. The molecule has 26 heavy (non-hydrogen) atoms. The molecule has 130 valence electrons. The second-order valence-corrected chi connectivity index (χ2v) is 8.02. The van der Waals surface area contributed by atoms with Gasteiger partial charge in [0.15, 0.2) is 5.13 Å². The van der Waals surface area contributed by atoms with Crippen molar-refractivity contribution in [2.75, 3.05) is 5.32 Å². The van der Waals surface area contributed by atoms with Gasteiger partial charge in [-0.3, -0.25) is 20.2 Å². The third-order valence-electron chi connectivity index (χ3n) is 4.10. The highest BCUT2D eigenvalue weighted by Crippen LogP contribution is 2.33. The normalized spacial score (nSPS) is 11.2. The summed E-state index contributed by atoms with van der Waals surface area (Å²) < 4.78 is 1.89. The number of nitrogens with zero attached hydrogens (tertiary/aromatic N) is 2. The van der Waals surface area contributed by atoms with Crippen LogP contribution in [0.5, 0.6) is 0 Å². The molecule has 2 aromatic carbocycles. The number of nitro benzene ring substituents is 1. The number of benzene rings is 2. The van der Waals surface area contributed by atoms with E-state index in [1.165, 1.54) is 34.8 Å². The highest BCUT2D eigenvalue weighted by Gasteiger charge is 2.16. The van der Waals surface area contributed by atoms with Crippen molar-refractivity contribution in [1.82, 2.24) is 4.98 Å². The number of carbonyl (C=O) groups is 1. The summed E-state index contributed by atoms with van der Waals surface area (Å²) in [5.41, 5.74) is 3.10. The number of amides is 1.